The number of allylic oxidation sites excluding steroid dienone is 1. The van der Waals surface area contributed by atoms with Gasteiger partial charge < -0.3 is 4.57 Å². The second-order valence-corrected chi connectivity index (χ2v) is 4.37. The van der Waals surface area contributed by atoms with Crippen LogP contribution in [0.2, 0.25) is 0 Å². The van der Waals surface area contributed by atoms with Gasteiger partial charge in [-0.3, -0.25) is 14.9 Å². The first kappa shape index (κ1) is 11.4. The molecule has 1 aliphatic heterocycles. The van der Waals surface area contributed by atoms with Crippen molar-refractivity contribution in [1.82, 2.24) is 4.57 Å². The highest BCUT2D eigenvalue weighted by Gasteiger charge is 2.23. The van der Waals surface area contributed by atoms with E-state index in [1.54, 1.807) is 24.3 Å². The van der Waals surface area contributed by atoms with Gasteiger partial charge in [0, 0.05) is 23.9 Å². The molecule has 0 fully saturated rings. The Labute approximate surface area is 108 Å². The SMILES string of the molecule is O=C1C(=Cc2ccc([N+](=O)[O-])cc2)Cn2cccc21. The maximum absolute atomic E-state index is 12.0. The van der Waals surface area contributed by atoms with Gasteiger partial charge in [-0.25, -0.2) is 0 Å². The van der Waals surface area contributed by atoms with E-state index in [0.29, 0.717) is 17.8 Å². The maximum atomic E-state index is 12.0. The summed E-state index contributed by atoms with van der Waals surface area (Å²) in [7, 11) is 0. The van der Waals surface area contributed by atoms with Gasteiger partial charge in [0.1, 0.15) is 0 Å². The number of aromatic nitrogens is 1. The average molecular weight is 254 g/mol. The Balaban J connectivity index is 1.89. The third-order valence-corrected chi connectivity index (χ3v) is 3.14. The number of nitro benzene ring substituents is 1. The summed E-state index contributed by atoms with van der Waals surface area (Å²) in [6.45, 7) is 0.554. The van der Waals surface area contributed by atoms with Crippen LogP contribution in [0.15, 0.2) is 48.2 Å². The molecule has 0 aliphatic carbocycles. The topological polar surface area (TPSA) is 65.1 Å². The van der Waals surface area contributed by atoms with Crippen molar-refractivity contribution in [3.63, 3.8) is 0 Å². The molecular formula is C14H10N2O3. The lowest BCUT2D eigenvalue weighted by Gasteiger charge is -1.97. The zero-order valence-electron chi connectivity index (χ0n) is 9.95. The number of carbonyl (C=O) groups is 1. The van der Waals surface area contributed by atoms with Crippen LogP contribution in [0.25, 0.3) is 6.08 Å². The first-order chi connectivity index (χ1) is 9.15. The van der Waals surface area contributed by atoms with Crippen LogP contribution >= 0.6 is 0 Å². The van der Waals surface area contributed by atoms with Crippen LogP contribution in [0.4, 0.5) is 5.69 Å². The van der Waals surface area contributed by atoms with Crippen LogP contribution in [0.3, 0.4) is 0 Å². The van der Waals surface area contributed by atoms with E-state index in [1.807, 2.05) is 16.8 Å². The minimum Gasteiger partial charge on any atom is -0.340 e. The summed E-state index contributed by atoms with van der Waals surface area (Å²) in [5.41, 5.74) is 2.23. The molecule has 0 radical (unpaired) electrons. The lowest BCUT2D eigenvalue weighted by molar-refractivity contribution is -0.384. The molecule has 0 saturated heterocycles. The molecule has 1 aromatic carbocycles. The molecule has 0 N–H and O–H groups in total. The monoisotopic (exact) mass is 254 g/mol. The smallest absolute Gasteiger partial charge is 0.269 e. The van der Waals surface area contributed by atoms with Crippen molar-refractivity contribution in [3.8, 4) is 0 Å². The van der Waals surface area contributed by atoms with E-state index in [0.717, 1.165) is 5.56 Å². The van der Waals surface area contributed by atoms with E-state index in [9.17, 15) is 14.9 Å². The summed E-state index contributed by atoms with van der Waals surface area (Å²) >= 11 is 0. The molecule has 0 spiro atoms. The third kappa shape index (κ3) is 1.95. The lowest BCUT2D eigenvalue weighted by atomic mass is 10.1. The number of Topliss-reactive ketones (excluding diaryl/α,β-unsaturated/α-hetero) is 1. The number of nitrogens with zero attached hydrogens (tertiary/aromatic N) is 2. The highest BCUT2D eigenvalue weighted by atomic mass is 16.6. The number of hydrogen-bond donors (Lipinski definition) is 0. The molecule has 0 unspecified atom stereocenters. The van der Waals surface area contributed by atoms with Crippen LogP contribution in [-0.2, 0) is 6.54 Å². The fraction of sp³-hybridized carbons (Fsp3) is 0.0714. The Bertz CT molecular complexity index is 696. The second kappa shape index (κ2) is 4.20. The minimum atomic E-state index is -0.441. The Hall–Kier alpha value is -2.69. The molecule has 0 amide bonds. The lowest BCUT2D eigenvalue weighted by Crippen LogP contribution is -1.94. The van der Waals surface area contributed by atoms with E-state index in [1.165, 1.54) is 12.1 Å². The Morgan fingerprint density at radius 1 is 1.21 bits per heavy atom. The van der Waals surface area contributed by atoms with E-state index >= 15 is 0 Å². The molecule has 5 heteroatoms. The number of carbonyl (C=O) groups excluding carboxylic acids is 1. The molecule has 2 heterocycles. The van der Waals surface area contributed by atoms with E-state index in [2.05, 4.69) is 0 Å². The van der Waals surface area contributed by atoms with Gasteiger partial charge in [0.15, 0.2) is 0 Å². The van der Waals surface area contributed by atoms with Crippen LogP contribution in [0.1, 0.15) is 16.1 Å². The fourth-order valence-corrected chi connectivity index (χ4v) is 2.18. The van der Waals surface area contributed by atoms with Crippen LogP contribution in [0.5, 0.6) is 0 Å². The van der Waals surface area contributed by atoms with Crippen molar-refractivity contribution >= 4 is 17.5 Å². The van der Waals surface area contributed by atoms with Crippen LogP contribution < -0.4 is 0 Å². The summed E-state index contributed by atoms with van der Waals surface area (Å²) in [6, 6.07) is 9.80. The maximum Gasteiger partial charge on any atom is 0.269 e. The number of ketones is 1. The van der Waals surface area contributed by atoms with Gasteiger partial charge in [-0.15, -0.1) is 0 Å². The molecule has 19 heavy (non-hydrogen) atoms. The summed E-state index contributed by atoms with van der Waals surface area (Å²) < 4.78 is 1.89. The highest BCUT2D eigenvalue weighted by Crippen LogP contribution is 2.23. The van der Waals surface area contributed by atoms with Crippen molar-refractivity contribution in [3.05, 3.63) is 69.5 Å². The zero-order chi connectivity index (χ0) is 13.4. The second-order valence-electron chi connectivity index (χ2n) is 4.37. The number of benzene rings is 1. The molecule has 0 bridgehead atoms. The average Bonchev–Trinajstić information content (AvgIpc) is 2.95. The van der Waals surface area contributed by atoms with Gasteiger partial charge in [0.05, 0.1) is 17.2 Å². The predicted octanol–water partition coefficient (Wildman–Crippen LogP) is 2.68. The number of nitro groups is 1. The van der Waals surface area contributed by atoms with E-state index < -0.39 is 4.92 Å². The summed E-state index contributed by atoms with van der Waals surface area (Å²) in [4.78, 5) is 22.2. The summed E-state index contributed by atoms with van der Waals surface area (Å²) in [5, 5.41) is 10.6. The molecule has 94 valence electrons. The van der Waals surface area contributed by atoms with Gasteiger partial charge >= 0.3 is 0 Å². The number of hydrogen-bond acceptors (Lipinski definition) is 3. The number of rotatable bonds is 2. The van der Waals surface area contributed by atoms with E-state index in [-0.39, 0.29) is 11.5 Å². The molecule has 5 nitrogen and oxygen atoms in total. The van der Waals surface area contributed by atoms with Crippen LogP contribution in [0, 0.1) is 10.1 Å². The standard InChI is InChI=1S/C14H10N2O3/c17-14-11(9-15-7-1-2-13(14)15)8-10-3-5-12(6-4-10)16(18)19/h1-8H,9H2. The number of non-ortho nitro benzene ring substituents is 1. The summed E-state index contributed by atoms with van der Waals surface area (Å²) in [6.07, 6.45) is 3.64. The minimum absolute atomic E-state index is 0.0170. The summed E-state index contributed by atoms with van der Waals surface area (Å²) in [5.74, 6) is 0.0170. The van der Waals surface area contributed by atoms with Gasteiger partial charge in [-0.05, 0) is 35.9 Å². The first-order valence-corrected chi connectivity index (χ1v) is 5.80. The number of fused-ring (bicyclic) bond motifs is 1. The molecule has 0 atom stereocenters. The fourth-order valence-electron chi connectivity index (χ4n) is 2.18. The Morgan fingerprint density at radius 3 is 2.58 bits per heavy atom. The molecule has 1 aliphatic rings. The van der Waals surface area contributed by atoms with Gasteiger partial charge in [-0.1, -0.05) is 0 Å². The molecular weight excluding hydrogens is 244 g/mol. The predicted molar refractivity (Wildman–Crippen MR) is 69.8 cm³/mol. The quantitative estimate of drug-likeness (QED) is 0.470. The van der Waals surface area contributed by atoms with Crippen molar-refractivity contribution in [2.75, 3.05) is 0 Å². The van der Waals surface area contributed by atoms with Gasteiger partial charge in [0.2, 0.25) is 5.78 Å². The van der Waals surface area contributed by atoms with Crippen molar-refractivity contribution < 1.29 is 9.72 Å². The molecule has 2 aromatic rings. The Kier molecular flexibility index (Phi) is 2.52. The van der Waals surface area contributed by atoms with E-state index in [4.69, 9.17) is 0 Å². The zero-order valence-corrected chi connectivity index (χ0v) is 9.95. The van der Waals surface area contributed by atoms with Crippen molar-refractivity contribution in [2.24, 2.45) is 0 Å². The highest BCUT2D eigenvalue weighted by molar-refractivity contribution is 6.12. The van der Waals surface area contributed by atoms with Gasteiger partial charge in [-0.2, -0.15) is 0 Å². The normalized spacial score (nSPS) is 15.8. The van der Waals surface area contributed by atoms with Crippen molar-refractivity contribution in [1.29, 1.82) is 0 Å². The molecule has 1 aromatic heterocycles. The van der Waals surface area contributed by atoms with Crippen molar-refractivity contribution in [2.45, 2.75) is 6.54 Å². The largest absolute Gasteiger partial charge is 0.340 e. The molecule has 3 rings (SSSR count). The molecule has 0 saturated carbocycles. The van der Waals surface area contributed by atoms with Gasteiger partial charge in [0.25, 0.3) is 5.69 Å². The Morgan fingerprint density at radius 2 is 1.95 bits per heavy atom. The first-order valence-electron chi connectivity index (χ1n) is 5.80. The van der Waals surface area contributed by atoms with Crippen LogP contribution in [-0.4, -0.2) is 15.3 Å². The third-order valence-electron chi connectivity index (χ3n) is 3.14.